The smallest absolute Gasteiger partial charge is 0.304 e. The highest BCUT2D eigenvalue weighted by Crippen LogP contribution is 2.25. The normalized spacial score (nSPS) is 31.5. The summed E-state index contributed by atoms with van der Waals surface area (Å²) in [6.45, 7) is 1.04. The molecule has 0 radical (unpaired) electrons. The van der Waals surface area contributed by atoms with Crippen LogP contribution in [0.2, 0.25) is 0 Å². The highest BCUT2D eigenvalue weighted by atomic mass is 32.2. The van der Waals surface area contributed by atoms with Crippen LogP contribution in [0.15, 0.2) is 12.2 Å². The van der Waals surface area contributed by atoms with Gasteiger partial charge in [0.25, 0.3) is 0 Å². The summed E-state index contributed by atoms with van der Waals surface area (Å²) in [5.41, 5.74) is 0. The van der Waals surface area contributed by atoms with Gasteiger partial charge in [-0.2, -0.15) is 11.8 Å². The molecule has 0 aromatic rings. The van der Waals surface area contributed by atoms with E-state index in [1.165, 1.54) is 19.3 Å². The number of carboxylic acids is 1. The number of hydrogen-bond donors (Lipinski definition) is 1. The van der Waals surface area contributed by atoms with Crippen molar-refractivity contribution in [3.8, 4) is 0 Å². The predicted octanol–water partition coefficient (Wildman–Crippen LogP) is 1.99. The largest absolute Gasteiger partial charge is 0.481 e. The standard InChI is InChI=1S/C12H19NO2S/c14-12(15)8-11-9-16-7-6-13(11)10-4-2-1-3-5-10/h2,4,10-11H,1,3,5-9H2,(H,14,15). The average Bonchev–Trinajstić information content (AvgIpc) is 2.30. The first-order chi connectivity index (χ1) is 7.77. The van der Waals surface area contributed by atoms with Gasteiger partial charge in [0.2, 0.25) is 0 Å². The molecule has 0 aromatic heterocycles. The van der Waals surface area contributed by atoms with Crippen LogP contribution >= 0.6 is 11.8 Å². The lowest BCUT2D eigenvalue weighted by molar-refractivity contribution is -0.138. The molecule has 0 saturated carbocycles. The number of rotatable bonds is 3. The van der Waals surface area contributed by atoms with Gasteiger partial charge in [-0.1, -0.05) is 12.2 Å². The quantitative estimate of drug-likeness (QED) is 0.767. The fourth-order valence-electron chi connectivity index (χ4n) is 2.55. The third-order valence-electron chi connectivity index (χ3n) is 3.34. The van der Waals surface area contributed by atoms with Crippen LogP contribution in [0, 0.1) is 0 Å². The summed E-state index contributed by atoms with van der Waals surface area (Å²) in [5, 5.41) is 8.93. The minimum atomic E-state index is -0.669. The van der Waals surface area contributed by atoms with Crippen molar-refractivity contribution in [2.45, 2.75) is 37.8 Å². The Kier molecular flexibility index (Phi) is 4.29. The summed E-state index contributed by atoms with van der Waals surface area (Å²) in [5.74, 6) is 1.44. The molecule has 2 unspecified atom stereocenters. The number of hydrogen-bond acceptors (Lipinski definition) is 3. The van der Waals surface area contributed by atoms with Crippen molar-refractivity contribution in [3.63, 3.8) is 0 Å². The lowest BCUT2D eigenvalue weighted by Crippen LogP contribution is -2.49. The molecule has 1 fully saturated rings. The molecular weight excluding hydrogens is 222 g/mol. The van der Waals surface area contributed by atoms with Crippen LogP contribution in [-0.2, 0) is 4.79 Å². The third kappa shape index (κ3) is 3.01. The van der Waals surface area contributed by atoms with Crippen LogP contribution in [-0.4, -0.2) is 46.1 Å². The van der Waals surface area contributed by atoms with Crippen molar-refractivity contribution in [3.05, 3.63) is 12.2 Å². The Morgan fingerprint density at radius 1 is 1.56 bits per heavy atom. The molecule has 4 heteroatoms. The van der Waals surface area contributed by atoms with E-state index < -0.39 is 5.97 Å². The van der Waals surface area contributed by atoms with E-state index in [1.54, 1.807) is 0 Å². The second-order valence-electron chi connectivity index (χ2n) is 4.49. The highest BCUT2D eigenvalue weighted by molar-refractivity contribution is 7.99. The monoisotopic (exact) mass is 241 g/mol. The maximum absolute atomic E-state index is 10.8. The zero-order chi connectivity index (χ0) is 11.4. The van der Waals surface area contributed by atoms with Crippen molar-refractivity contribution in [2.75, 3.05) is 18.1 Å². The topological polar surface area (TPSA) is 40.5 Å². The lowest BCUT2D eigenvalue weighted by Gasteiger charge is -2.40. The molecule has 0 aromatic carbocycles. The fourth-order valence-corrected chi connectivity index (χ4v) is 3.64. The molecule has 1 aliphatic heterocycles. The summed E-state index contributed by atoms with van der Waals surface area (Å²) in [4.78, 5) is 13.2. The van der Waals surface area contributed by atoms with Gasteiger partial charge in [-0.25, -0.2) is 0 Å². The Hall–Kier alpha value is -0.480. The molecule has 0 amide bonds. The minimum absolute atomic E-state index is 0.226. The summed E-state index contributed by atoms with van der Waals surface area (Å²) >= 11 is 1.88. The molecule has 2 rings (SSSR count). The predicted molar refractivity (Wildman–Crippen MR) is 66.9 cm³/mol. The van der Waals surface area contributed by atoms with Crippen LogP contribution in [0.4, 0.5) is 0 Å². The van der Waals surface area contributed by atoms with Gasteiger partial charge in [0.1, 0.15) is 0 Å². The molecule has 0 bridgehead atoms. The van der Waals surface area contributed by atoms with E-state index in [0.717, 1.165) is 18.1 Å². The van der Waals surface area contributed by atoms with Crippen molar-refractivity contribution in [1.82, 2.24) is 4.90 Å². The van der Waals surface area contributed by atoms with Crippen LogP contribution in [0.3, 0.4) is 0 Å². The number of allylic oxidation sites excluding steroid dienone is 1. The van der Waals surface area contributed by atoms with Crippen molar-refractivity contribution < 1.29 is 9.90 Å². The molecular formula is C12H19NO2S. The van der Waals surface area contributed by atoms with Gasteiger partial charge in [-0.3, -0.25) is 9.69 Å². The Morgan fingerprint density at radius 2 is 2.44 bits per heavy atom. The van der Waals surface area contributed by atoms with Gasteiger partial charge >= 0.3 is 5.97 Å². The third-order valence-corrected chi connectivity index (χ3v) is 4.43. The molecule has 1 heterocycles. The van der Waals surface area contributed by atoms with E-state index in [9.17, 15) is 4.79 Å². The van der Waals surface area contributed by atoms with E-state index in [2.05, 4.69) is 17.1 Å². The second-order valence-corrected chi connectivity index (χ2v) is 5.64. The van der Waals surface area contributed by atoms with Crippen LogP contribution in [0.5, 0.6) is 0 Å². The van der Waals surface area contributed by atoms with Gasteiger partial charge in [-0.05, 0) is 19.3 Å². The SMILES string of the molecule is O=C(O)CC1CSCCN1C1C=CCCC1. The molecule has 1 saturated heterocycles. The zero-order valence-electron chi connectivity index (χ0n) is 9.47. The molecule has 1 aliphatic carbocycles. The first kappa shape index (κ1) is 12.0. The Balaban J connectivity index is 2.00. The van der Waals surface area contributed by atoms with Crippen LogP contribution in [0.25, 0.3) is 0 Å². The molecule has 3 nitrogen and oxygen atoms in total. The Bertz CT molecular complexity index is 280. The molecule has 2 atom stereocenters. The molecule has 0 spiro atoms. The van der Waals surface area contributed by atoms with Gasteiger partial charge < -0.3 is 5.11 Å². The van der Waals surface area contributed by atoms with Crippen molar-refractivity contribution in [1.29, 1.82) is 0 Å². The lowest BCUT2D eigenvalue weighted by atomic mass is 9.99. The molecule has 90 valence electrons. The minimum Gasteiger partial charge on any atom is -0.481 e. The highest BCUT2D eigenvalue weighted by Gasteiger charge is 2.29. The van der Waals surface area contributed by atoms with Gasteiger partial charge in [0, 0.05) is 30.1 Å². The summed E-state index contributed by atoms with van der Waals surface area (Å²) in [7, 11) is 0. The van der Waals surface area contributed by atoms with E-state index in [-0.39, 0.29) is 12.5 Å². The van der Waals surface area contributed by atoms with Crippen LogP contribution < -0.4 is 0 Å². The first-order valence-electron chi connectivity index (χ1n) is 5.99. The van der Waals surface area contributed by atoms with Gasteiger partial charge in [-0.15, -0.1) is 0 Å². The summed E-state index contributed by atoms with van der Waals surface area (Å²) < 4.78 is 0. The average molecular weight is 241 g/mol. The Morgan fingerprint density at radius 3 is 3.12 bits per heavy atom. The zero-order valence-corrected chi connectivity index (χ0v) is 10.3. The Labute approximate surface area is 101 Å². The number of nitrogens with zero attached hydrogens (tertiary/aromatic N) is 1. The van der Waals surface area contributed by atoms with Gasteiger partial charge in [0.15, 0.2) is 0 Å². The number of thioether (sulfide) groups is 1. The van der Waals surface area contributed by atoms with E-state index in [4.69, 9.17) is 5.11 Å². The van der Waals surface area contributed by atoms with Crippen LogP contribution in [0.1, 0.15) is 25.7 Å². The van der Waals surface area contributed by atoms with E-state index in [0.29, 0.717) is 6.04 Å². The maximum atomic E-state index is 10.8. The summed E-state index contributed by atoms with van der Waals surface area (Å²) in [6.07, 6.45) is 8.42. The second kappa shape index (κ2) is 5.73. The maximum Gasteiger partial charge on any atom is 0.304 e. The van der Waals surface area contributed by atoms with Crippen molar-refractivity contribution in [2.24, 2.45) is 0 Å². The number of carboxylic acid groups (broad SMARTS) is 1. The number of carbonyl (C=O) groups is 1. The summed E-state index contributed by atoms with van der Waals surface area (Å²) in [6, 6.07) is 0.711. The number of aliphatic carboxylic acids is 1. The van der Waals surface area contributed by atoms with Gasteiger partial charge in [0.05, 0.1) is 6.42 Å². The van der Waals surface area contributed by atoms with E-state index >= 15 is 0 Å². The first-order valence-corrected chi connectivity index (χ1v) is 7.15. The van der Waals surface area contributed by atoms with E-state index in [1.807, 2.05) is 11.8 Å². The fraction of sp³-hybridized carbons (Fsp3) is 0.750. The molecule has 16 heavy (non-hydrogen) atoms. The molecule has 2 aliphatic rings. The van der Waals surface area contributed by atoms with Crippen molar-refractivity contribution >= 4 is 17.7 Å². The molecule has 1 N–H and O–H groups in total.